The summed E-state index contributed by atoms with van der Waals surface area (Å²) in [6.07, 6.45) is 0.902. The van der Waals surface area contributed by atoms with Crippen LogP contribution in [0.3, 0.4) is 0 Å². The second-order valence-corrected chi connectivity index (χ2v) is 7.63. The van der Waals surface area contributed by atoms with E-state index in [2.05, 4.69) is 0 Å². The van der Waals surface area contributed by atoms with Crippen molar-refractivity contribution in [1.82, 2.24) is 0 Å². The maximum absolute atomic E-state index is 11.5. The van der Waals surface area contributed by atoms with E-state index in [1.54, 1.807) is 6.07 Å². The summed E-state index contributed by atoms with van der Waals surface area (Å²) in [7, 11) is -3.37. The van der Waals surface area contributed by atoms with Crippen LogP contribution in [0.1, 0.15) is 5.56 Å². The molecule has 0 aliphatic heterocycles. The molecule has 0 fully saturated rings. The quantitative estimate of drug-likeness (QED) is 0.782. The molecule has 1 N–H and O–H groups in total. The zero-order valence-corrected chi connectivity index (χ0v) is 14.2. The molecule has 24 heavy (non-hydrogen) atoms. The molecule has 124 valence electrons. The molecule has 9 heteroatoms. The molecule has 2 rings (SSSR count). The zero-order valence-electron chi connectivity index (χ0n) is 11.9. The Morgan fingerprint density at radius 1 is 1.08 bits per heavy atom. The summed E-state index contributed by atoms with van der Waals surface area (Å²) >= 11 is 12.1. The fraction of sp³-hybridized carbons (Fsp3) is 0.133. The Morgan fingerprint density at radius 3 is 2.29 bits per heavy atom. The van der Waals surface area contributed by atoms with Crippen LogP contribution in [0.2, 0.25) is 10.0 Å². The predicted octanol–water partition coefficient (Wildman–Crippen LogP) is 3.17. The molecule has 2 aromatic rings. The topological polar surface area (TPSA) is 80.7 Å². The summed E-state index contributed by atoms with van der Waals surface area (Å²) in [4.78, 5) is 10.8. The van der Waals surface area contributed by atoms with Crippen molar-refractivity contribution in [3.8, 4) is 11.5 Å². The monoisotopic (exact) mass is 398 g/mol. The number of hydrogen-bond acceptors (Lipinski definition) is 4. The van der Waals surface area contributed by atoms with Gasteiger partial charge in [0.1, 0.15) is 11.5 Å². The first-order valence-electron chi connectivity index (χ1n) is 6.34. The summed E-state index contributed by atoms with van der Waals surface area (Å²) in [5.41, 5.74) is 0.515. The van der Waals surface area contributed by atoms with Gasteiger partial charge < -0.3 is 9.84 Å². The second-order valence-electron chi connectivity index (χ2n) is 4.80. The number of sulfone groups is 1. The molecule has 0 unspecified atom stereocenters. The predicted molar refractivity (Wildman–Crippen MR) is 94.6 cm³/mol. The van der Waals surface area contributed by atoms with Gasteiger partial charge in [0.2, 0.25) is 0 Å². The summed E-state index contributed by atoms with van der Waals surface area (Å²) in [6.45, 7) is 0. The van der Waals surface area contributed by atoms with Gasteiger partial charge >= 0.3 is 35.5 Å². The van der Waals surface area contributed by atoms with Crippen LogP contribution in [0.4, 0.5) is 0 Å². The van der Waals surface area contributed by atoms with Gasteiger partial charge in [0, 0.05) is 6.26 Å². The minimum absolute atomic E-state index is 0. The summed E-state index contributed by atoms with van der Waals surface area (Å²) in [5.74, 6) is -0.526. The number of carbonyl (C=O) groups is 1. The first-order chi connectivity index (χ1) is 10.7. The molecular weight excluding hydrogens is 386 g/mol. The molecule has 0 bridgehead atoms. The Morgan fingerprint density at radius 2 is 1.75 bits per heavy atom. The van der Waals surface area contributed by atoms with E-state index in [0.717, 1.165) is 6.26 Å². The number of carboxylic acids is 1. The molecule has 5 nitrogen and oxygen atoms in total. The molecule has 0 radical (unpaired) electrons. The number of carboxylic acid groups (broad SMARTS) is 1. The molecule has 0 saturated carbocycles. The van der Waals surface area contributed by atoms with Crippen molar-refractivity contribution in [2.75, 3.05) is 6.26 Å². The standard InChI is InChI=1S/C15H12Cl2O5S.Na.H/c1-23(20,21)10-3-5-13(12(17)8-10)22-14-6-9(7-15(18)19)2-4-11(14)16;;/h2-6,8H,7H2,1H3,(H,18,19);;. The number of rotatable bonds is 5. The van der Waals surface area contributed by atoms with Crippen LogP contribution in [-0.4, -0.2) is 55.3 Å². The van der Waals surface area contributed by atoms with Crippen molar-refractivity contribution >= 4 is 68.6 Å². The molecule has 0 atom stereocenters. The first kappa shape index (κ1) is 21.3. The number of halogens is 2. The average Bonchev–Trinajstić information content (AvgIpc) is 2.43. The summed E-state index contributed by atoms with van der Waals surface area (Å²) in [5, 5.41) is 9.20. The molecule has 0 spiro atoms. The van der Waals surface area contributed by atoms with Crippen LogP contribution in [0.5, 0.6) is 11.5 Å². The second kappa shape index (κ2) is 8.56. The Kier molecular flexibility index (Phi) is 7.59. The van der Waals surface area contributed by atoms with Gasteiger partial charge in [0.25, 0.3) is 0 Å². The maximum atomic E-state index is 11.5. The molecule has 0 aromatic heterocycles. The Hall–Kier alpha value is -0.760. The van der Waals surface area contributed by atoms with Gasteiger partial charge in [0.15, 0.2) is 9.84 Å². The number of benzene rings is 2. The molecule has 2 aromatic carbocycles. The van der Waals surface area contributed by atoms with Crippen LogP contribution in [-0.2, 0) is 21.1 Å². The van der Waals surface area contributed by atoms with E-state index in [4.69, 9.17) is 33.0 Å². The Bertz CT molecular complexity index is 868. The SMILES string of the molecule is CS(=O)(=O)c1ccc(Oc2cc(CC(=O)O)ccc2Cl)c(Cl)c1.[NaH]. The third-order valence-corrected chi connectivity index (χ3v) is 4.62. The Balaban J connectivity index is 0.00000288. The normalized spacial score (nSPS) is 10.8. The minimum atomic E-state index is -3.37. The van der Waals surface area contributed by atoms with Crippen molar-refractivity contribution in [1.29, 1.82) is 0 Å². The van der Waals surface area contributed by atoms with Crippen molar-refractivity contribution in [2.24, 2.45) is 0 Å². The van der Waals surface area contributed by atoms with E-state index in [-0.39, 0.29) is 62.4 Å². The molecule has 0 amide bonds. The molecule has 0 heterocycles. The van der Waals surface area contributed by atoms with Gasteiger partial charge in [0.05, 0.1) is 21.4 Å². The fourth-order valence-electron chi connectivity index (χ4n) is 1.82. The van der Waals surface area contributed by atoms with Gasteiger partial charge in [-0.25, -0.2) is 8.42 Å². The summed E-state index contributed by atoms with van der Waals surface area (Å²) < 4.78 is 28.5. The van der Waals surface area contributed by atoms with E-state index < -0.39 is 15.8 Å². The Labute approximate surface area is 171 Å². The number of aliphatic carboxylic acids is 1. The van der Waals surface area contributed by atoms with Crippen LogP contribution in [0.25, 0.3) is 0 Å². The van der Waals surface area contributed by atoms with Crippen molar-refractivity contribution in [2.45, 2.75) is 11.3 Å². The van der Waals surface area contributed by atoms with Crippen molar-refractivity contribution < 1.29 is 23.1 Å². The van der Waals surface area contributed by atoms with E-state index in [1.807, 2.05) is 0 Å². The van der Waals surface area contributed by atoms with Gasteiger partial charge in [-0.15, -0.1) is 0 Å². The van der Waals surface area contributed by atoms with E-state index >= 15 is 0 Å². The van der Waals surface area contributed by atoms with Gasteiger partial charge in [-0.05, 0) is 35.9 Å². The molecule has 0 aliphatic carbocycles. The number of ether oxygens (including phenoxy) is 1. The first-order valence-corrected chi connectivity index (χ1v) is 8.99. The van der Waals surface area contributed by atoms with Gasteiger partial charge in [-0.3, -0.25) is 4.79 Å². The fourth-order valence-corrected chi connectivity index (χ4v) is 2.91. The van der Waals surface area contributed by atoms with E-state index in [9.17, 15) is 13.2 Å². The van der Waals surface area contributed by atoms with Gasteiger partial charge in [-0.2, -0.15) is 0 Å². The van der Waals surface area contributed by atoms with E-state index in [1.165, 1.54) is 30.3 Å². The van der Waals surface area contributed by atoms with Crippen LogP contribution in [0.15, 0.2) is 41.3 Å². The average molecular weight is 399 g/mol. The third kappa shape index (κ3) is 5.65. The molecule has 0 aliphatic rings. The zero-order chi connectivity index (χ0) is 17.2. The summed E-state index contributed by atoms with van der Waals surface area (Å²) in [6, 6.07) is 8.66. The van der Waals surface area contributed by atoms with E-state index in [0.29, 0.717) is 5.56 Å². The number of hydrogen-bond donors (Lipinski definition) is 1. The van der Waals surface area contributed by atoms with Crippen LogP contribution >= 0.6 is 23.2 Å². The third-order valence-electron chi connectivity index (χ3n) is 2.90. The van der Waals surface area contributed by atoms with Crippen molar-refractivity contribution in [3.05, 3.63) is 52.0 Å². The van der Waals surface area contributed by atoms with Crippen molar-refractivity contribution in [3.63, 3.8) is 0 Å². The van der Waals surface area contributed by atoms with Crippen LogP contribution in [0, 0.1) is 0 Å². The van der Waals surface area contributed by atoms with Crippen LogP contribution < -0.4 is 4.74 Å². The molecule has 0 saturated heterocycles. The van der Waals surface area contributed by atoms with Gasteiger partial charge in [-0.1, -0.05) is 29.3 Å². The molecular formula is C15H13Cl2NaO5S.